The van der Waals surface area contributed by atoms with Gasteiger partial charge in [0.05, 0.1) is 11.8 Å². The van der Waals surface area contributed by atoms with Gasteiger partial charge in [-0.05, 0) is 26.2 Å². The second-order valence-electron chi connectivity index (χ2n) is 6.70. The van der Waals surface area contributed by atoms with Crippen LogP contribution in [0.4, 0.5) is 5.82 Å². The van der Waals surface area contributed by atoms with Gasteiger partial charge in [-0.25, -0.2) is 9.97 Å². The Bertz CT molecular complexity index is 549. The molecule has 2 aliphatic rings. The van der Waals surface area contributed by atoms with E-state index in [1.807, 2.05) is 6.92 Å². The van der Waals surface area contributed by atoms with Gasteiger partial charge in [-0.1, -0.05) is 0 Å². The Morgan fingerprint density at radius 2 is 2.20 bits per heavy atom. The Kier molecular flexibility index (Phi) is 6.98. The summed E-state index contributed by atoms with van der Waals surface area (Å²) in [5, 5.41) is 3.53. The van der Waals surface area contributed by atoms with E-state index in [4.69, 9.17) is 25.2 Å². The largest absolute Gasteiger partial charge is 0.376 e. The van der Waals surface area contributed by atoms with Crippen molar-refractivity contribution in [3.63, 3.8) is 0 Å². The van der Waals surface area contributed by atoms with Crippen molar-refractivity contribution in [3.05, 3.63) is 17.1 Å². The Hall–Kier alpha value is -1.28. The summed E-state index contributed by atoms with van der Waals surface area (Å²) < 4.78 is 11.3. The molecule has 0 unspecified atom stereocenters. The monoisotopic (exact) mass is 349 g/mol. The lowest BCUT2D eigenvalue weighted by molar-refractivity contribution is 0.120. The Morgan fingerprint density at radius 1 is 1.32 bits per heavy atom. The van der Waals surface area contributed by atoms with Gasteiger partial charge in [0.2, 0.25) is 0 Å². The predicted molar refractivity (Wildman–Crippen MR) is 97.7 cm³/mol. The van der Waals surface area contributed by atoms with Gasteiger partial charge in [0.1, 0.15) is 12.4 Å². The summed E-state index contributed by atoms with van der Waals surface area (Å²) >= 11 is 0. The van der Waals surface area contributed by atoms with Crippen LogP contribution in [0, 0.1) is 0 Å². The molecule has 3 rings (SSSR count). The summed E-state index contributed by atoms with van der Waals surface area (Å²) in [6.45, 7) is 8.45. The van der Waals surface area contributed by atoms with Crippen LogP contribution >= 0.6 is 0 Å². The van der Waals surface area contributed by atoms with E-state index in [9.17, 15) is 0 Å². The van der Waals surface area contributed by atoms with Crippen molar-refractivity contribution < 1.29 is 9.47 Å². The number of nitrogens with zero attached hydrogens (tertiary/aromatic N) is 3. The number of rotatable bonds is 8. The first-order valence-electron chi connectivity index (χ1n) is 9.54. The highest BCUT2D eigenvalue weighted by Crippen LogP contribution is 2.23. The van der Waals surface area contributed by atoms with Crippen LogP contribution in [0.5, 0.6) is 0 Å². The van der Waals surface area contributed by atoms with Gasteiger partial charge >= 0.3 is 0 Å². The maximum Gasteiger partial charge on any atom is 0.156 e. The van der Waals surface area contributed by atoms with Crippen LogP contribution in [0.25, 0.3) is 0 Å². The van der Waals surface area contributed by atoms with E-state index in [0.717, 1.165) is 75.8 Å². The number of ether oxygens (including phenoxy) is 2. The van der Waals surface area contributed by atoms with Gasteiger partial charge in [0.25, 0.3) is 0 Å². The molecule has 0 amide bonds. The molecule has 1 aromatic rings. The fourth-order valence-electron chi connectivity index (χ4n) is 3.52. The molecule has 0 radical (unpaired) electrons. The molecule has 25 heavy (non-hydrogen) atoms. The molecule has 0 aliphatic carbocycles. The number of hydrogen-bond donors (Lipinski definition) is 2. The predicted octanol–water partition coefficient (Wildman–Crippen LogP) is 0.963. The summed E-state index contributed by atoms with van der Waals surface area (Å²) in [5.74, 6) is 1.73. The molecule has 140 valence electrons. The van der Waals surface area contributed by atoms with Gasteiger partial charge in [-0.2, -0.15) is 0 Å². The summed E-state index contributed by atoms with van der Waals surface area (Å²) in [7, 11) is 0. The quantitative estimate of drug-likeness (QED) is 0.723. The summed E-state index contributed by atoms with van der Waals surface area (Å²) in [6.07, 6.45) is 4.46. The number of aromatic nitrogens is 2. The maximum atomic E-state index is 5.73. The highest BCUT2D eigenvalue weighted by atomic mass is 16.5. The second kappa shape index (κ2) is 9.43. The van der Waals surface area contributed by atoms with E-state index in [-0.39, 0.29) is 0 Å². The van der Waals surface area contributed by atoms with Gasteiger partial charge < -0.3 is 25.4 Å². The van der Waals surface area contributed by atoms with E-state index >= 15 is 0 Å². The first kappa shape index (κ1) is 18.5. The fraction of sp³-hybridized carbons (Fsp3) is 0.778. The van der Waals surface area contributed by atoms with Crippen LogP contribution in [0.1, 0.15) is 36.8 Å². The van der Waals surface area contributed by atoms with Gasteiger partial charge in [-0.3, -0.25) is 0 Å². The van der Waals surface area contributed by atoms with Crippen molar-refractivity contribution in [2.24, 2.45) is 5.73 Å². The zero-order chi connectivity index (χ0) is 17.5. The molecule has 1 atom stereocenters. The first-order chi connectivity index (χ1) is 12.3. The van der Waals surface area contributed by atoms with Crippen LogP contribution in [-0.2, 0) is 28.9 Å². The maximum absolute atomic E-state index is 5.73. The average Bonchev–Trinajstić information content (AvgIpc) is 3.06. The highest BCUT2D eigenvalue weighted by molar-refractivity contribution is 5.47. The van der Waals surface area contributed by atoms with Crippen molar-refractivity contribution in [1.82, 2.24) is 14.9 Å². The lowest BCUT2D eigenvalue weighted by Crippen LogP contribution is -2.31. The number of anilines is 1. The van der Waals surface area contributed by atoms with E-state index in [1.165, 1.54) is 5.56 Å². The summed E-state index contributed by atoms with van der Waals surface area (Å²) in [4.78, 5) is 11.9. The first-order valence-corrected chi connectivity index (χ1v) is 9.54. The van der Waals surface area contributed by atoms with Gasteiger partial charge in [0.15, 0.2) is 5.82 Å². The molecule has 0 aromatic carbocycles. The number of fused-ring (bicyclic) bond motifs is 1. The van der Waals surface area contributed by atoms with Crippen molar-refractivity contribution >= 4 is 5.82 Å². The molecular formula is C18H31N5O2. The SMILES string of the molecule is CCOCc1nc2c(c(NC[C@H]3CCCO3)n1)CCN(CCN)CC2. The molecule has 1 fully saturated rings. The molecule has 7 heteroatoms. The number of nitrogens with two attached hydrogens (primary N) is 1. The van der Waals surface area contributed by atoms with Gasteiger partial charge in [0, 0.05) is 57.9 Å². The molecule has 7 nitrogen and oxygen atoms in total. The fourth-order valence-corrected chi connectivity index (χ4v) is 3.52. The number of nitrogens with one attached hydrogen (secondary N) is 1. The minimum Gasteiger partial charge on any atom is -0.376 e. The van der Waals surface area contributed by atoms with Crippen LogP contribution in [0.2, 0.25) is 0 Å². The van der Waals surface area contributed by atoms with Crippen LogP contribution < -0.4 is 11.1 Å². The molecule has 0 bridgehead atoms. The van der Waals surface area contributed by atoms with Crippen LogP contribution in [-0.4, -0.2) is 66.9 Å². The molecule has 0 spiro atoms. The summed E-state index contributed by atoms with van der Waals surface area (Å²) in [6, 6.07) is 0. The van der Waals surface area contributed by atoms with Crippen molar-refractivity contribution in [1.29, 1.82) is 0 Å². The highest BCUT2D eigenvalue weighted by Gasteiger charge is 2.21. The summed E-state index contributed by atoms with van der Waals surface area (Å²) in [5.41, 5.74) is 8.13. The van der Waals surface area contributed by atoms with Crippen LogP contribution in [0.15, 0.2) is 0 Å². The average molecular weight is 349 g/mol. The standard InChI is InChI=1S/C18H31N5O2/c1-2-24-13-17-21-16-6-9-23(10-7-19)8-5-15(16)18(22-17)20-12-14-4-3-11-25-14/h14H,2-13,19H2,1H3,(H,20,21,22)/t14-/m1/s1. The zero-order valence-electron chi connectivity index (χ0n) is 15.3. The topological polar surface area (TPSA) is 85.5 Å². The lowest BCUT2D eigenvalue weighted by atomic mass is 10.1. The van der Waals surface area contributed by atoms with Crippen molar-refractivity contribution in [2.45, 2.75) is 45.3 Å². The van der Waals surface area contributed by atoms with Crippen LogP contribution in [0.3, 0.4) is 0 Å². The van der Waals surface area contributed by atoms with Crippen molar-refractivity contribution in [3.8, 4) is 0 Å². The molecule has 2 aliphatic heterocycles. The van der Waals surface area contributed by atoms with Crippen molar-refractivity contribution in [2.75, 3.05) is 51.3 Å². The minimum absolute atomic E-state index is 0.292. The molecule has 1 aromatic heterocycles. The third kappa shape index (κ3) is 5.10. The third-order valence-corrected chi connectivity index (χ3v) is 4.88. The minimum atomic E-state index is 0.292. The Morgan fingerprint density at radius 3 is 2.96 bits per heavy atom. The smallest absolute Gasteiger partial charge is 0.156 e. The molecule has 1 saturated heterocycles. The normalized spacial score (nSPS) is 21.1. The van der Waals surface area contributed by atoms with E-state index in [2.05, 4.69) is 10.2 Å². The number of hydrogen-bond acceptors (Lipinski definition) is 7. The molecular weight excluding hydrogens is 318 g/mol. The van der Waals surface area contributed by atoms with Gasteiger partial charge in [-0.15, -0.1) is 0 Å². The second-order valence-corrected chi connectivity index (χ2v) is 6.70. The molecule has 3 heterocycles. The third-order valence-electron chi connectivity index (χ3n) is 4.88. The Balaban J connectivity index is 1.76. The van der Waals surface area contributed by atoms with E-state index < -0.39 is 0 Å². The zero-order valence-corrected chi connectivity index (χ0v) is 15.3. The van der Waals surface area contributed by atoms with E-state index in [0.29, 0.717) is 25.9 Å². The Labute approximate surface area is 150 Å². The lowest BCUT2D eigenvalue weighted by Gasteiger charge is -2.18. The molecule has 0 saturated carbocycles. The molecule has 3 N–H and O–H groups in total. The van der Waals surface area contributed by atoms with E-state index in [1.54, 1.807) is 0 Å².